The van der Waals surface area contributed by atoms with Gasteiger partial charge >= 0.3 is 0 Å². The van der Waals surface area contributed by atoms with Gasteiger partial charge in [-0.05, 0) is 118 Å². The van der Waals surface area contributed by atoms with Crippen molar-refractivity contribution in [2.45, 2.75) is 41.9 Å². The average molecular weight is 701 g/mol. The van der Waals surface area contributed by atoms with E-state index >= 15 is 0 Å². The van der Waals surface area contributed by atoms with Crippen LogP contribution in [0.1, 0.15) is 48.1 Å². The van der Waals surface area contributed by atoms with Gasteiger partial charge in [0, 0.05) is 38.8 Å². The summed E-state index contributed by atoms with van der Waals surface area (Å²) in [7, 11) is 0. The lowest BCUT2D eigenvalue weighted by molar-refractivity contribution is 0.659. The van der Waals surface area contributed by atoms with Crippen LogP contribution in [0, 0.1) is 0 Å². The smallest absolute Gasteiger partial charge is 0.0601 e. The number of fused-ring (bicyclic) bond motifs is 6. The summed E-state index contributed by atoms with van der Waals surface area (Å²) in [5.74, 6) is 0. The minimum Gasteiger partial charge on any atom is -0.341 e. The first-order chi connectivity index (χ1) is 26.0. The average Bonchev–Trinajstić information content (AvgIpc) is 3.44. The van der Waals surface area contributed by atoms with Gasteiger partial charge in [-0.3, -0.25) is 0 Å². The van der Waals surface area contributed by atoms with E-state index in [4.69, 9.17) is 0 Å². The van der Waals surface area contributed by atoms with E-state index in [0.717, 1.165) is 13.0 Å². The van der Waals surface area contributed by atoms with Crippen LogP contribution in [0.4, 0.5) is 28.4 Å². The summed E-state index contributed by atoms with van der Waals surface area (Å²) in [6.07, 6.45) is 6.84. The van der Waals surface area contributed by atoms with Crippen LogP contribution in [0.3, 0.4) is 0 Å². The highest BCUT2D eigenvalue weighted by molar-refractivity contribution is 7.99. The number of para-hydroxylation sites is 3. The molecule has 1 aliphatic carbocycles. The lowest BCUT2D eigenvalue weighted by Gasteiger charge is -2.32. The van der Waals surface area contributed by atoms with E-state index in [1.165, 1.54) is 94.7 Å². The van der Waals surface area contributed by atoms with E-state index in [-0.39, 0.29) is 5.41 Å². The van der Waals surface area contributed by atoms with Crippen LogP contribution in [0.25, 0.3) is 34.4 Å². The molecule has 0 N–H and O–H groups in total. The third-order valence-corrected chi connectivity index (χ3v) is 12.5. The summed E-state index contributed by atoms with van der Waals surface area (Å²) in [5.41, 5.74) is 18.1. The molecule has 7 aromatic carbocycles. The molecule has 10 rings (SSSR count). The predicted molar refractivity (Wildman–Crippen MR) is 225 cm³/mol. The first-order valence-corrected chi connectivity index (χ1v) is 19.5. The Morgan fingerprint density at radius 2 is 1.08 bits per heavy atom. The molecule has 0 saturated carbocycles. The fourth-order valence-corrected chi connectivity index (χ4v) is 9.64. The van der Waals surface area contributed by atoms with Crippen molar-refractivity contribution < 1.29 is 0 Å². The third-order valence-electron chi connectivity index (χ3n) is 11.4. The van der Waals surface area contributed by atoms with Crippen molar-refractivity contribution in [1.82, 2.24) is 0 Å². The van der Waals surface area contributed by atoms with Crippen LogP contribution in [-0.4, -0.2) is 6.54 Å². The number of hydrogen-bond donors (Lipinski definition) is 0. The Bertz CT molecular complexity index is 2500. The summed E-state index contributed by atoms with van der Waals surface area (Å²) in [6.45, 7) is 5.83. The number of hydrogen-bond acceptors (Lipinski definition) is 3. The molecule has 0 atom stereocenters. The van der Waals surface area contributed by atoms with Crippen LogP contribution in [0.5, 0.6) is 0 Å². The van der Waals surface area contributed by atoms with Gasteiger partial charge < -0.3 is 9.80 Å². The molecule has 0 aromatic heterocycles. The molecule has 2 nitrogen and oxygen atoms in total. The molecule has 7 aromatic rings. The van der Waals surface area contributed by atoms with Crippen molar-refractivity contribution in [3.05, 3.63) is 186 Å². The second-order valence-corrected chi connectivity index (χ2v) is 16.0. The van der Waals surface area contributed by atoms with Gasteiger partial charge in [0.25, 0.3) is 0 Å². The second-order valence-electron chi connectivity index (χ2n) is 14.9. The number of rotatable bonds is 5. The van der Waals surface area contributed by atoms with Crippen molar-refractivity contribution in [3.63, 3.8) is 0 Å². The van der Waals surface area contributed by atoms with E-state index in [9.17, 15) is 0 Å². The maximum Gasteiger partial charge on any atom is 0.0601 e. The van der Waals surface area contributed by atoms with Gasteiger partial charge in [-0.15, -0.1) is 0 Å². The van der Waals surface area contributed by atoms with E-state index in [0.29, 0.717) is 0 Å². The maximum absolute atomic E-state index is 2.51. The minimum atomic E-state index is -0.0727. The number of nitrogens with zero attached hydrogens (tertiary/aromatic N) is 2. The van der Waals surface area contributed by atoms with Gasteiger partial charge in [0.15, 0.2) is 0 Å². The molecule has 0 fully saturated rings. The summed E-state index contributed by atoms with van der Waals surface area (Å²) in [4.78, 5) is 7.45. The van der Waals surface area contributed by atoms with E-state index in [1.807, 2.05) is 11.8 Å². The van der Waals surface area contributed by atoms with Crippen LogP contribution < -0.4 is 9.80 Å². The highest BCUT2D eigenvalue weighted by Gasteiger charge is 2.36. The summed E-state index contributed by atoms with van der Waals surface area (Å²) in [6, 6.07) is 58.2. The molecule has 0 spiro atoms. The van der Waals surface area contributed by atoms with E-state index in [1.54, 1.807) is 0 Å². The van der Waals surface area contributed by atoms with Crippen molar-refractivity contribution in [3.8, 4) is 22.3 Å². The molecule has 0 saturated heterocycles. The Kier molecular flexibility index (Phi) is 7.66. The SMILES string of the molecule is CC1(C)c2cc(/C=C/c3ccc(-c4ccc(N5c6ccccc6Sc6ccccc65)cc4)cc3)ccc2-c2ccc(N3CCCc4ccccc43)cc21. The van der Waals surface area contributed by atoms with Crippen molar-refractivity contribution in [2.24, 2.45) is 0 Å². The largest absolute Gasteiger partial charge is 0.341 e. The Hall–Kier alpha value is -5.77. The molecule has 53 heavy (non-hydrogen) atoms. The lowest BCUT2D eigenvalue weighted by Crippen LogP contribution is -2.25. The molecule has 2 heterocycles. The van der Waals surface area contributed by atoms with Crippen molar-refractivity contribution >= 4 is 52.4 Å². The number of benzene rings is 7. The topological polar surface area (TPSA) is 6.48 Å². The van der Waals surface area contributed by atoms with Gasteiger partial charge in [-0.1, -0.05) is 141 Å². The number of aryl methyl sites for hydroxylation is 1. The summed E-state index contributed by atoms with van der Waals surface area (Å²) < 4.78 is 0. The fraction of sp³-hybridized carbons (Fsp3) is 0.120. The molecule has 0 bridgehead atoms. The van der Waals surface area contributed by atoms with Crippen molar-refractivity contribution in [1.29, 1.82) is 0 Å². The Morgan fingerprint density at radius 1 is 0.528 bits per heavy atom. The molecule has 256 valence electrons. The van der Waals surface area contributed by atoms with Crippen molar-refractivity contribution in [2.75, 3.05) is 16.3 Å². The highest BCUT2D eigenvalue weighted by Crippen LogP contribution is 2.52. The fourth-order valence-electron chi connectivity index (χ4n) is 8.58. The zero-order valence-electron chi connectivity index (χ0n) is 30.1. The molecule has 0 unspecified atom stereocenters. The van der Waals surface area contributed by atoms with Crippen LogP contribution in [0.15, 0.2) is 168 Å². The molecule has 3 heteroatoms. The third kappa shape index (κ3) is 5.50. The first kappa shape index (κ1) is 31.9. The minimum absolute atomic E-state index is 0.0727. The standard InChI is InChI=1S/C50H40N2S/c1-50(2)43-32-35(21-29-41(43)42-30-28-40(33-44(42)50)51-31-9-11-38-10-3-4-12-45(38)51)18-17-34-19-22-36(23-20-34)37-24-26-39(27-25-37)52-46-13-5-7-15-48(46)53-49-16-8-6-14-47(49)52/h3-8,10,12-30,32-33H,9,11,31H2,1-2H3/b18-17+. The van der Waals surface area contributed by atoms with Crippen LogP contribution in [-0.2, 0) is 11.8 Å². The van der Waals surface area contributed by atoms with Gasteiger partial charge in [0.1, 0.15) is 0 Å². The maximum atomic E-state index is 2.51. The molecule has 2 aliphatic heterocycles. The Balaban J connectivity index is 0.871. The Labute approximate surface area is 317 Å². The van der Waals surface area contributed by atoms with Crippen LogP contribution >= 0.6 is 11.8 Å². The zero-order valence-corrected chi connectivity index (χ0v) is 30.9. The molecular weight excluding hydrogens is 661 g/mol. The molecule has 0 amide bonds. The number of anilines is 5. The van der Waals surface area contributed by atoms with E-state index in [2.05, 4.69) is 194 Å². The second kappa shape index (κ2) is 12.7. The van der Waals surface area contributed by atoms with Gasteiger partial charge in [-0.2, -0.15) is 0 Å². The molecule has 0 radical (unpaired) electrons. The van der Waals surface area contributed by atoms with Crippen LogP contribution in [0.2, 0.25) is 0 Å². The molecule has 3 aliphatic rings. The van der Waals surface area contributed by atoms with E-state index < -0.39 is 0 Å². The lowest BCUT2D eigenvalue weighted by atomic mass is 9.81. The highest BCUT2D eigenvalue weighted by atomic mass is 32.2. The van der Waals surface area contributed by atoms with Gasteiger partial charge in [0.05, 0.1) is 11.4 Å². The summed E-state index contributed by atoms with van der Waals surface area (Å²) >= 11 is 1.84. The zero-order chi connectivity index (χ0) is 35.5. The van der Waals surface area contributed by atoms with Gasteiger partial charge in [0.2, 0.25) is 0 Å². The quantitative estimate of drug-likeness (QED) is 0.165. The predicted octanol–water partition coefficient (Wildman–Crippen LogP) is 13.8. The normalized spacial score (nSPS) is 15.1. The Morgan fingerprint density at radius 3 is 1.79 bits per heavy atom. The molecular formula is C50H40N2S. The summed E-state index contributed by atoms with van der Waals surface area (Å²) in [5, 5.41) is 0. The first-order valence-electron chi connectivity index (χ1n) is 18.7. The monoisotopic (exact) mass is 700 g/mol. The van der Waals surface area contributed by atoms with Gasteiger partial charge in [-0.25, -0.2) is 0 Å².